The van der Waals surface area contributed by atoms with E-state index in [9.17, 15) is 14.4 Å². The predicted octanol–water partition coefficient (Wildman–Crippen LogP) is 25.3. The Hall–Kier alpha value is -2.63. The Balaban J connectivity index is 4.21. The van der Waals surface area contributed by atoms with Crippen molar-refractivity contribution in [1.82, 2.24) is 0 Å². The number of hydrogen-bond acceptors (Lipinski definition) is 6. The van der Waals surface area contributed by atoms with E-state index >= 15 is 0 Å². The standard InChI is InChI=1S/C76H140O6/c1-4-7-10-13-16-19-22-25-28-30-32-33-34-35-36-37-38-39-40-41-42-44-45-48-51-54-57-60-63-66-69-75(78)81-72-73(71-80-74(77)68-65-62-59-56-53-50-47-27-24-21-18-15-12-9-6-3)82-76(79)70-67-64-61-58-55-52-49-46-43-31-29-26-23-20-17-14-11-8-5-2/h17,20,26-27,29,43,46-47,73H,4-16,18-19,21-25,28,30-42,44-45,48-72H2,1-3H3/b20-17-,29-26-,46-43-,47-27-. The van der Waals surface area contributed by atoms with Crippen molar-refractivity contribution in [2.24, 2.45) is 0 Å². The molecule has 480 valence electrons. The molecule has 0 rings (SSSR count). The Morgan fingerprint density at radius 1 is 0.244 bits per heavy atom. The molecule has 0 spiro atoms. The number of esters is 3. The Labute approximate surface area is 511 Å². The van der Waals surface area contributed by atoms with Crippen molar-refractivity contribution in [3.05, 3.63) is 48.6 Å². The molecule has 1 atom stereocenters. The van der Waals surface area contributed by atoms with Crippen LogP contribution >= 0.6 is 0 Å². The van der Waals surface area contributed by atoms with Gasteiger partial charge >= 0.3 is 17.9 Å². The predicted molar refractivity (Wildman–Crippen MR) is 358 cm³/mol. The number of hydrogen-bond donors (Lipinski definition) is 0. The van der Waals surface area contributed by atoms with Crippen molar-refractivity contribution in [3.8, 4) is 0 Å². The smallest absolute Gasteiger partial charge is 0.306 e. The van der Waals surface area contributed by atoms with Crippen LogP contribution in [-0.2, 0) is 28.6 Å². The van der Waals surface area contributed by atoms with Crippen molar-refractivity contribution in [1.29, 1.82) is 0 Å². The first-order chi connectivity index (χ1) is 40.5. The van der Waals surface area contributed by atoms with E-state index in [1.165, 1.54) is 276 Å². The Morgan fingerprint density at radius 3 is 0.720 bits per heavy atom. The summed E-state index contributed by atoms with van der Waals surface area (Å²) in [6, 6.07) is 0. The summed E-state index contributed by atoms with van der Waals surface area (Å²) in [4.78, 5) is 38.4. The molecule has 82 heavy (non-hydrogen) atoms. The first kappa shape index (κ1) is 79.4. The lowest BCUT2D eigenvalue weighted by Crippen LogP contribution is -2.30. The fraction of sp³-hybridized carbons (Fsp3) is 0.855. The second-order valence-corrected chi connectivity index (χ2v) is 24.9. The molecule has 0 amide bonds. The van der Waals surface area contributed by atoms with E-state index in [2.05, 4.69) is 69.4 Å². The molecule has 0 aliphatic carbocycles. The summed E-state index contributed by atoms with van der Waals surface area (Å²) < 4.78 is 17.0. The second kappa shape index (κ2) is 70.9. The molecular weight excluding hydrogens is 1010 g/mol. The van der Waals surface area contributed by atoms with Gasteiger partial charge in [0.05, 0.1) is 0 Å². The molecule has 0 fully saturated rings. The van der Waals surface area contributed by atoms with Gasteiger partial charge < -0.3 is 14.2 Å². The van der Waals surface area contributed by atoms with Crippen molar-refractivity contribution in [3.63, 3.8) is 0 Å². The average Bonchev–Trinajstić information content (AvgIpc) is 3.47. The highest BCUT2D eigenvalue weighted by Crippen LogP contribution is 2.19. The summed E-state index contributed by atoms with van der Waals surface area (Å²) in [6.07, 6.45) is 90.1. The van der Waals surface area contributed by atoms with Crippen molar-refractivity contribution in [2.45, 2.75) is 406 Å². The summed E-state index contributed by atoms with van der Waals surface area (Å²) in [5, 5.41) is 0. The number of allylic oxidation sites excluding steroid dienone is 8. The first-order valence-corrected chi connectivity index (χ1v) is 36.6. The van der Waals surface area contributed by atoms with Gasteiger partial charge in [0, 0.05) is 19.3 Å². The second-order valence-electron chi connectivity index (χ2n) is 24.9. The molecule has 0 aliphatic heterocycles. The van der Waals surface area contributed by atoms with Gasteiger partial charge in [0.1, 0.15) is 13.2 Å². The number of carbonyl (C=O) groups excluding carboxylic acids is 3. The van der Waals surface area contributed by atoms with Crippen molar-refractivity contribution in [2.75, 3.05) is 13.2 Å². The molecule has 1 unspecified atom stereocenters. The summed E-state index contributed by atoms with van der Waals surface area (Å²) in [6.45, 7) is 6.66. The van der Waals surface area contributed by atoms with Crippen LogP contribution in [0.25, 0.3) is 0 Å². The monoisotopic (exact) mass is 1150 g/mol. The van der Waals surface area contributed by atoms with E-state index in [-0.39, 0.29) is 31.1 Å². The highest BCUT2D eigenvalue weighted by Gasteiger charge is 2.19. The van der Waals surface area contributed by atoms with Gasteiger partial charge in [0.15, 0.2) is 6.10 Å². The van der Waals surface area contributed by atoms with Crippen LogP contribution in [0.2, 0.25) is 0 Å². The maximum atomic E-state index is 12.9. The quantitative estimate of drug-likeness (QED) is 0.0261. The van der Waals surface area contributed by atoms with Gasteiger partial charge in [-0.05, 0) is 83.5 Å². The topological polar surface area (TPSA) is 78.9 Å². The summed E-state index contributed by atoms with van der Waals surface area (Å²) in [5.41, 5.74) is 0. The minimum Gasteiger partial charge on any atom is -0.462 e. The largest absolute Gasteiger partial charge is 0.462 e. The van der Waals surface area contributed by atoms with Gasteiger partial charge in [0.25, 0.3) is 0 Å². The van der Waals surface area contributed by atoms with Gasteiger partial charge in [-0.25, -0.2) is 0 Å². The van der Waals surface area contributed by atoms with E-state index in [0.29, 0.717) is 19.3 Å². The zero-order valence-corrected chi connectivity index (χ0v) is 55.3. The SMILES string of the molecule is CCCCC/C=C\C/C=C\C/C=C\CCCCCCCCC(=O)OC(COC(=O)CCCCCCC/C=C\CCCCCCCC)COC(=O)CCCCCCCCCCCCCCCCCCCCCCCCCCCCCCCC. The molecule has 0 N–H and O–H groups in total. The van der Waals surface area contributed by atoms with E-state index in [1.807, 2.05) is 0 Å². The minimum atomic E-state index is -0.784. The van der Waals surface area contributed by atoms with Crippen LogP contribution in [0.15, 0.2) is 48.6 Å². The third-order valence-electron chi connectivity index (χ3n) is 16.6. The van der Waals surface area contributed by atoms with Crippen molar-refractivity contribution < 1.29 is 28.6 Å². The number of ether oxygens (including phenoxy) is 3. The van der Waals surface area contributed by atoms with Gasteiger partial charge in [0.2, 0.25) is 0 Å². The molecule has 0 radical (unpaired) electrons. The highest BCUT2D eigenvalue weighted by molar-refractivity contribution is 5.71. The molecule has 6 heteroatoms. The fourth-order valence-electron chi connectivity index (χ4n) is 11.0. The molecule has 0 aliphatic rings. The Kier molecular flexibility index (Phi) is 68.6. The van der Waals surface area contributed by atoms with Crippen LogP contribution in [0.3, 0.4) is 0 Å². The van der Waals surface area contributed by atoms with Gasteiger partial charge in [-0.2, -0.15) is 0 Å². The zero-order valence-electron chi connectivity index (χ0n) is 55.3. The van der Waals surface area contributed by atoms with Gasteiger partial charge in [-0.1, -0.05) is 345 Å². The van der Waals surface area contributed by atoms with Crippen LogP contribution in [0.4, 0.5) is 0 Å². The highest BCUT2D eigenvalue weighted by atomic mass is 16.6. The summed E-state index contributed by atoms with van der Waals surface area (Å²) >= 11 is 0. The lowest BCUT2D eigenvalue weighted by molar-refractivity contribution is -0.167. The minimum absolute atomic E-state index is 0.0773. The van der Waals surface area contributed by atoms with Gasteiger partial charge in [-0.3, -0.25) is 14.4 Å². The number of carbonyl (C=O) groups is 3. The third kappa shape index (κ3) is 68.2. The number of rotatable bonds is 68. The molecule has 0 bridgehead atoms. The molecule has 6 nitrogen and oxygen atoms in total. The lowest BCUT2D eigenvalue weighted by Gasteiger charge is -2.18. The number of unbranched alkanes of at least 4 members (excludes halogenated alkanes) is 49. The normalized spacial score (nSPS) is 12.3. The maximum Gasteiger partial charge on any atom is 0.306 e. The van der Waals surface area contributed by atoms with E-state index < -0.39 is 6.10 Å². The van der Waals surface area contributed by atoms with Crippen LogP contribution in [0.5, 0.6) is 0 Å². The lowest BCUT2D eigenvalue weighted by atomic mass is 10.0. The van der Waals surface area contributed by atoms with E-state index in [0.717, 1.165) is 83.5 Å². The third-order valence-corrected chi connectivity index (χ3v) is 16.6. The fourth-order valence-corrected chi connectivity index (χ4v) is 11.0. The summed E-state index contributed by atoms with van der Waals surface area (Å²) in [5.74, 6) is -0.873. The molecule has 0 aromatic carbocycles. The molecule has 0 aromatic heterocycles. The maximum absolute atomic E-state index is 12.9. The zero-order chi connectivity index (χ0) is 59.2. The van der Waals surface area contributed by atoms with Crippen molar-refractivity contribution >= 4 is 17.9 Å². The van der Waals surface area contributed by atoms with E-state index in [1.54, 1.807) is 0 Å². The molecular formula is C76H140O6. The molecule has 0 heterocycles. The van der Waals surface area contributed by atoms with E-state index in [4.69, 9.17) is 14.2 Å². The molecule has 0 saturated carbocycles. The van der Waals surface area contributed by atoms with Crippen LogP contribution in [0, 0.1) is 0 Å². The first-order valence-electron chi connectivity index (χ1n) is 36.6. The summed E-state index contributed by atoms with van der Waals surface area (Å²) in [7, 11) is 0. The van der Waals surface area contributed by atoms with Gasteiger partial charge in [-0.15, -0.1) is 0 Å². The Bertz CT molecular complexity index is 1410. The van der Waals surface area contributed by atoms with Crippen LogP contribution < -0.4 is 0 Å². The van der Waals surface area contributed by atoms with Crippen LogP contribution in [0.1, 0.15) is 400 Å². The molecule has 0 aromatic rings. The Morgan fingerprint density at radius 2 is 0.439 bits per heavy atom. The molecule has 0 saturated heterocycles. The van der Waals surface area contributed by atoms with Crippen LogP contribution in [-0.4, -0.2) is 37.2 Å². The average molecular weight is 1150 g/mol.